The van der Waals surface area contributed by atoms with Crippen LogP contribution in [0.3, 0.4) is 0 Å². The number of amides is 1. The molecule has 0 spiro atoms. The Labute approximate surface area is 124 Å². The van der Waals surface area contributed by atoms with Crippen LogP contribution in [0.1, 0.15) is 24.2 Å². The topological polar surface area (TPSA) is 52.6 Å². The third-order valence-corrected chi connectivity index (χ3v) is 4.18. The Morgan fingerprint density at radius 1 is 1.24 bits per heavy atom. The molecule has 0 saturated carbocycles. The number of hydrogen-bond acceptors (Lipinski definition) is 3. The van der Waals surface area contributed by atoms with Crippen LogP contribution < -0.4 is 5.32 Å². The van der Waals surface area contributed by atoms with Gasteiger partial charge in [0.25, 0.3) is 5.91 Å². The van der Waals surface area contributed by atoms with Crippen LogP contribution in [0, 0.1) is 0 Å². The standard InChI is InChI=1S/C17H20N2O2/c1-17(2)11-18-9-10-19(17)16(21)14-8-7-12-5-3-4-6-13(12)15(14)20/h3-8,18,20H,9-11H2,1-2H3. The minimum Gasteiger partial charge on any atom is -0.506 e. The number of rotatable bonds is 1. The van der Waals surface area contributed by atoms with E-state index in [1.54, 1.807) is 6.07 Å². The van der Waals surface area contributed by atoms with E-state index in [4.69, 9.17) is 0 Å². The van der Waals surface area contributed by atoms with Crippen LogP contribution in [-0.4, -0.2) is 41.1 Å². The minimum atomic E-state index is -0.257. The number of carbonyl (C=O) groups excluding carboxylic acids is 1. The van der Waals surface area contributed by atoms with Gasteiger partial charge in [-0.05, 0) is 25.3 Å². The van der Waals surface area contributed by atoms with Gasteiger partial charge < -0.3 is 15.3 Å². The van der Waals surface area contributed by atoms with E-state index >= 15 is 0 Å². The van der Waals surface area contributed by atoms with Crippen molar-refractivity contribution in [2.24, 2.45) is 0 Å². The van der Waals surface area contributed by atoms with E-state index in [2.05, 4.69) is 5.32 Å². The van der Waals surface area contributed by atoms with Crippen molar-refractivity contribution in [2.45, 2.75) is 19.4 Å². The number of carbonyl (C=O) groups is 1. The number of hydrogen-bond donors (Lipinski definition) is 2. The smallest absolute Gasteiger partial charge is 0.258 e. The van der Waals surface area contributed by atoms with Crippen LogP contribution in [-0.2, 0) is 0 Å². The van der Waals surface area contributed by atoms with Gasteiger partial charge in [-0.25, -0.2) is 0 Å². The van der Waals surface area contributed by atoms with E-state index in [-0.39, 0.29) is 17.2 Å². The molecular weight excluding hydrogens is 264 g/mol. The van der Waals surface area contributed by atoms with Gasteiger partial charge >= 0.3 is 0 Å². The molecule has 0 aliphatic carbocycles. The van der Waals surface area contributed by atoms with Gasteiger partial charge in [-0.15, -0.1) is 0 Å². The van der Waals surface area contributed by atoms with Gasteiger partial charge in [-0.2, -0.15) is 0 Å². The zero-order valence-electron chi connectivity index (χ0n) is 12.4. The fraction of sp³-hybridized carbons (Fsp3) is 0.353. The Morgan fingerprint density at radius 2 is 2.00 bits per heavy atom. The maximum atomic E-state index is 12.8. The summed E-state index contributed by atoms with van der Waals surface area (Å²) in [6.45, 7) is 6.26. The molecule has 0 bridgehead atoms. The van der Waals surface area contributed by atoms with Gasteiger partial charge in [0.2, 0.25) is 0 Å². The summed E-state index contributed by atoms with van der Waals surface area (Å²) >= 11 is 0. The van der Waals surface area contributed by atoms with Crippen molar-refractivity contribution in [2.75, 3.05) is 19.6 Å². The quantitative estimate of drug-likeness (QED) is 0.845. The molecule has 2 aromatic rings. The lowest BCUT2D eigenvalue weighted by atomic mass is 9.97. The van der Waals surface area contributed by atoms with Gasteiger partial charge in [0.05, 0.1) is 11.1 Å². The molecule has 2 N–H and O–H groups in total. The lowest BCUT2D eigenvalue weighted by Gasteiger charge is -2.43. The number of phenolic OH excluding ortho intramolecular Hbond substituents is 1. The van der Waals surface area contributed by atoms with Crippen LogP contribution in [0.15, 0.2) is 36.4 Å². The van der Waals surface area contributed by atoms with Crippen LogP contribution >= 0.6 is 0 Å². The maximum Gasteiger partial charge on any atom is 0.258 e. The normalized spacial score (nSPS) is 17.9. The fourth-order valence-electron chi connectivity index (χ4n) is 2.93. The SMILES string of the molecule is CC1(C)CNCCN1C(=O)c1ccc2ccccc2c1O. The van der Waals surface area contributed by atoms with Gasteiger partial charge in [0.15, 0.2) is 0 Å². The number of nitrogens with zero attached hydrogens (tertiary/aromatic N) is 1. The second-order valence-corrected chi connectivity index (χ2v) is 6.13. The zero-order chi connectivity index (χ0) is 15.0. The van der Waals surface area contributed by atoms with E-state index in [1.807, 2.05) is 49.1 Å². The lowest BCUT2D eigenvalue weighted by molar-refractivity contribution is 0.0475. The predicted octanol–water partition coefficient (Wildman–Crippen LogP) is 2.37. The monoisotopic (exact) mass is 284 g/mol. The number of fused-ring (bicyclic) bond motifs is 1. The largest absolute Gasteiger partial charge is 0.506 e. The molecule has 3 rings (SSSR count). The Morgan fingerprint density at radius 3 is 2.76 bits per heavy atom. The molecule has 110 valence electrons. The number of benzene rings is 2. The summed E-state index contributed by atoms with van der Waals surface area (Å²) in [6.07, 6.45) is 0. The third kappa shape index (κ3) is 2.36. The van der Waals surface area contributed by atoms with Gasteiger partial charge in [0.1, 0.15) is 5.75 Å². The van der Waals surface area contributed by atoms with E-state index in [0.29, 0.717) is 12.1 Å². The van der Waals surface area contributed by atoms with Crippen LogP contribution in [0.5, 0.6) is 5.75 Å². The van der Waals surface area contributed by atoms with Crippen molar-refractivity contribution in [1.29, 1.82) is 0 Å². The minimum absolute atomic E-state index is 0.0763. The Balaban J connectivity index is 2.04. The first-order valence-electron chi connectivity index (χ1n) is 7.24. The Kier molecular flexibility index (Phi) is 3.33. The van der Waals surface area contributed by atoms with Gasteiger partial charge in [-0.1, -0.05) is 30.3 Å². The van der Waals surface area contributed by atoms with Crippen molar-refractivity contribution in [1.82, 2.24) is 10.2 Å². The van der Waals surface area contributed by atoms with Gasteiger partial charge in [0, 0.05) is 25.0 Å². The first-order valence-corrected chi connectivity index (χ1v) is 7.24. The molecule has 21 heavy (non-hydrogen) atoms. The summed E-state index contributed by atoms with van der Waals surface area (Å²) in [6, 6.07) is 11.2. The molecule has 0 unspecified atom stereocenters. The highest BCUT2D eigenvalue weighted by molar-refractivity contribution is 6.03. The first kappa shape index (κ1) is 13.9. The molecule has 1 aliphatic heterocycles. The molecule has 1 fully saturated rings. The second-order valence-electron chi connectivity index (χ2n) is 6.13. The van der Waals surface area contributed by atoms with Crippen molar-refractivity contribution < 1.29 is 9.90 Å². The third-order valence-electron chi connectivity index (χ3n) is 4.18. The number of phenols is 1. The summed E-state index contributed by atoms with van der Waals surface area (Å²) < 4.78 is 0. The molecule has 0 atom stereocenters. The van der Waals surface area contributed by atoms with E-state index in [0.717, 1.165) is 23.9 Å². The molecule has 2 aromatic carbocycles. The molecular formula is C17H20N2O2. The maximum absolute atomic E-state index is 12.8. The van der Waals surface area contributed by atoms with E-state index in [9.17, 15) is 9.90 Å². The molecule has 4 nitrogen and oxygen atoms in total. The summed E-state index contributed by atoms with van der Waals surface area (Å²) in [5, 5.41) is 15.4. The number of piperazine rings is 1. The van der Waals surface area contributed by atoms with E-state index < -0.39 is 0 Å². The summed E-state index contributed by atoms with van der Waals surface area (Å²) in [5.74, 6) is -0.0304. The van der Waals surface area contributed by atoms with Crippen LogP contribution in [0.2, 0.25) is 0 Å². The average Bonchev–Trinajstić information content (AvgIpc) is 2.47. The highest BCUT2D eigenvalue weighted by Crippen LogP contribution is 2.31. The van der Waals surface area contributed by atoms with Gasteiger partial charge in [-0.3, -0.25) is 4.79 Å². The van der Waals surface area contributed by atoms with Crippen molar-refractivity contribution >= 4 is 16.7 Å². The Bertz CT molecular complexity index is 694. The van der Waals surface area contributed by atoms with Crippen molar-refractivity contribution in [3.8, 4) is 5.75 Å². The van der Waals surface area contributed by atoms with Crippen LogP contribution in [0.4, 0.5) is 0 Å². The fourth-order valence-corrected chi connectivity index (χ4v) is 2.93. The second kappa shape index (κ2) is 5.04. The highest BCUT2D eigenvalue weighted by atomic mass is 16.3. The number of nitrogens with one attached hydrogen (secondary N) is 1. The van der Waals surface area contributed by atoms with Crippen molar-refractivity contribution in [3.63, 3.8) is 0 Å². The summed E-state index contributed by atoms with van der Waals surface area (Å²) in [7, 11) is 0. The highest BCUT2D eigenvalue weighted by Gasteiger charge is 2.34. The zero-order valence-corrected chi connectivity index (χ0v) is 12.4. The molecule has 1 amide bonds. The average molecular weight is 284 g/mol. The number of aromatic hydroxyl groups is 1. The molecule has 1 saturated heterocycles. The van der Waals surface area contributed by atoms with Crippen LogP contribution in [0.25, 0.3) is 10.8 Å². The summed E-state index contributed by atoms with van der Waals surface area (Å²) in [4.78, 5) is 14.7. The molecule has 0 aromatic heterocycles. The molecule has 1 heterocycles. The molecule has 4 heteroatoms. The van der Waals surface area contributed by atoms with Crippen molar-refractivity contribution in [3.05, 3.63) is 42.0 Å². The predicted molar refractivity (Wildman–Crippen MR) is 83.6 cm³/mol. The summed E-state index contributed by atoms with van der Waals surface area (Å²) in [5.41, 5.74) is 0.122. The molecule has 0 radical (unpaired) electrons. The lowest BCUT2D eigenvalue weighted by Crippen LogP contribution is -2.59. The molecule has 1 aliphatic rings. The van der Waals surface area contributed by atoms with E-state index in [1.165, 1.54) is 0 Å². The Hall–Kier alpha value is -2.07. The first-order chi connectivity index (χ1) is 10.0.